The van der Waals surface area contributed by atoms with Gasteiger partial charge in [-0.3, -0.25) is 4.79 Å². The van der Waals surface area contributed by atoms with E-state index in [2.05, 4.69) is 20.5 Å². The van der Waals surface area contributed by atoms with E-state index in [9.17, 15) is 9.90 Å². The number of hydrazone groups is 1. The molecule has 146 valence electrons. The van der Waals surface area contributed by atoms with Crippen molar-refractivity contribution < 1.29 is 14.3 Å². The molecule has 3 N–H and O–H groups in total. The Morgan fingerprint density at radius 3 is 2.86 bits per heavy atom. The molecule has 0 saturated carbocycles. The first-order valence-electron chi connectivity index (χ1n) is 8.98. The zero-order valence-electron chi connectivity index (χ0n) is 15.3. The number of benzene rings is 2. The topological polar surface area (TPSA) is 104 Å². The molecular formula is C21H18N4O3S. The molecule has 29 heavy (non-hydrogen) atoms. The van der Waals surface area contributed by atoms with Gasteiger partial charge in [-0.05, 0) is 54.1 Å². The lowest BCUT2D eigenvalue weighted by atomic mass is 10.1. The number of carbonyl (C=O) groups excluding carboxylic acids is 1. The fraction of sp³-hybridized carbons (Fsp3) is 0.0952. The maximum absolute atomic E-state index is 11.9. The largest absolute Gasteiger partial charge is 0.508 e. The summed E-state index contributed by atoms with van der Waals surface area (Å²) in [4.78, 5) is 19.6. The Labute approximate surface area is 170 Å². The van der Waals surface area contributed by atoms with Crippen molar-refractivity contribution in [3.05, 3.63) is 72.0 Å². The molecule has 0 saturated heterocycles. The number of phenols is 1. The zero-order valence-corrected chi connectivity index (χ0v) is 16.1. The monoisotopic (exact) mass is 406 g/mol. The first-order valence-corrected chi connectivity index (χ1v) is 9.80. The molecule has 0 aliphatic rings. The molecule has 0 fully saturated rings. The standard InChI is InChI=1S/C21H18N4O3S/c26-18-8-4-1-5-14(18)9-11-19(27)25-22-13-15-10-12-20(28-15)29-21-23-16-6-2-3-7-17(16)24-21/h1-8,10,12-13,26H,9,11H2,(H,23,24)(H,25,27)/b22-13+. The maximum Gasteiger partial charge on any atom is 0.240 e. The molecule has 0 radical (unpaired) electrons. The number of fused-ring (bicyclic) bond motifs is 1. The number of aromatic hydroxyl groups is 1. The van der Waals surface area contributed by atoms with Gasteiger partial charge in [0.2, 0.25) is 5.91 Å². The second-order valence-electron chi connectivity index (χ2n) is 6.24. The van der Waals surface area contributed by atoms with Crippen molar-refractivity contribution in [2.45, 2.75) is 23.1 Å². The van der Waals surface area contributed by atoms with Crippen molar-refractivity contribution in [2.24, 2.45) is 5.10 Å². The minimum Gasteiger partial charge on any atom is -0.508 e. The van der Waals surface area contributed by atoms with Crippen LogP contribution in [0.4, 0.5) is 0 Å². The van der Waals surface area contributed by atoms with E-state index in [0.29, 0.717) is 17.3 Å². The molecule has 7 nitrogen and oxygen atoms in total. The van der Waals surface area contributed by atoms with Crippen LogP contribution < -0.4 is 5.43 Å². The van der Waals surface area contributed by atoms with Crippen LogP contribution in [-0.2, 0) is 11.2 Å². The van der Waals surface area contributed by atoms with Gasteiger partial charge in [-0.1, -0.05) is 30.3 Å². The summed E-state index contributed by atoms with van der Waals surface area (Å²) in [6.45, 7) is 0. The van der Waals surface area contributed by atoms with E-state index in [4.69, 9.17) is 4.42 Å². The Bertz CT molecular complexity index is 1130. The molecule has 2 aromatic carbocycles. The van der Waals surface area contributed by atoms with Crippen LogP contribution in [0.15, 0.2) is 80.4 Å². The summed E-state index contributed by atoms with van der Waals surface area (Å²) in [7, 11) is 0. The lowest BCUT2D eigenvalue weighted by Crippen LogP contribution is -2.17. The number of phenolic OH excluding ortho intramolecular Hbond substituents is 1. The van der Waals surface area contributed by atoms with Gasteiger partial charge in [0.1, 0.15) is 11.5 Å². The van der Waals surface area contributed by atoms with Gasteiger partial charge in [0.15, 0.2) is 10.2 Å². The molecule has 4 rings (SSSR count). The quantitative estimate of drug-likeness (QED) is 0.317. The van der Waals surface area contributed by atoms with E-state index in [-0.39, 0.29) is 18.1 Å². The Morgan fingerprint density at radius 1 is 1.17 bits per heavy atom. The van der Waals surface area contributed by atoms with Gasteiger partial charge in [-0.2, -0.15) is 5.10 Å². The lowest BCUT2D eigenvalue weighted by Gasteiger charge is -2.03. The van der Waals surface area contributed by atoms with Crippen LogP contribution in [0.2, 0.25) is 0 Å². The minimum atomic E-state index is -0.243. The lowest BCUT2D eigenvalue weighted by molar-refractivity contribution is -0.121. The van der Waals surface area contributed by atoms with E-state index < -0.39 is 0 Å². The summed E-state index contributed by atoms with van der Waals surface area (Å²) in [6.07, 6.45) is 2.11. The number of H-pyrrole nitrogens is 1. The van der Waals surface area contributed by atoms with Gasteiger partial charge < -0.3 is 14.5 Å². The van der Waals surface area contributed by atoms with E-state index >= 15 is 0 Å². The van der Waals surface area contributed by atoms with Crippen molar-refractivity contribution in [3.63, 3.8) is 0 Å². The first-order chi connectivity index (χ1) is 14.2. The Hall–Kier alpha value is -3.52. The number of amides is 1. The SMILES string of the molecule is O=C(CCc1ccccc1O)N/N=C/c1ccc(Sc2nc3ccccc3[nH]2)o1. The number of para-hydroxylation sites is 3. The first kappa shape index (κ1) is 18.8. The normalized spacial score (nSPS) is 11.3. The Morgan fingerprint density at radius 2 is 2.00 bits per heavy atom. The predicted octanol–water partition coefficient (Wildman–Crippen LogP) is 4.10. The second-order valence-corrected chi connectivity index (χ2v) is 7.23. The number of imidazole rings is 1. The van der Waals surface area contributed by atoms with Gasteiger partial charge in [0.25, 0.3) is 0 Å². The van der Waals surface area contributed by atoms with Crippen LogP contribution >= 0.6 is 11.8 Å². The molecular weight excluding hydrogens is 388 g/mol. The summed E-state index contributed by atoms with van der Waals surface area (Å²) in [5, 5.41) is 15.0. The van der Waals surface area contributed by atoms with Crippen molar-refractivity contribution in [1.29, 1.82) is 0 Å². The smallest absolute Gasteiger partial charge is 0.240 e. The van der Waals surface area contributed by atoms with Gasteiger partial charge in [-0.15, -0.1) is 0 Å². The highest BCUT2D eigenvalue weighted by Crippen LogP contribution is 2.28. The van der Waals surface area contributed by atoms with Gasteiger partial charge >= 0.3 is 0 Å². The van der Waals surface area contributed by atoms with Crippen molar-refractivity contribution in [1.82, 2.24) is 15.4 Å². The van der Waals surface area contributed by atoms with E-state index in [1.807, 2.05) is 36.4 Å². The molecule has 4 aromatic rings. The Balaban J connectivity index is 1.28. The molecule has 2 heterocycles. The number of carbonyl (C=O) groups is 1. The summed E-state index contributed by atoms with van der Waals surface area (Å²) < 4.78 is 5.68. The molecule has 0 atom stereocenters. The molecule has 1 amide bonds. The minimum absolute atomic E-state index is 0.189. The number of hydrogen-bond donors (Lipinski definition) is 3. The third-order valence-electron chi connectivity index (χ3n) is 4.16. The maximum atomic E-state index is 11.9. The third kappa shape index (κ3) is 4.85. The predicted molar refractivity (Wildman–Crippen MR) is 111 cm³/mol. The van der Waals surface area contributed by atoms with Crippen LogP contribution in [0.25, 0.3) is 11.0 Å². The van der Waals surface area contributed by atoms with E-state index in [1.165, 1.54) is 18.0 Å². The number of aryl methyl sites for hydroxylation is 1. The van der Waals surface area contributed by atoms with Crippen molar-refractivity contribution >= 4 is 34.9 Å². The number of rotatable bonds is 7. The van der Waals surface area contributed by atoms with Crippen LogP contribution in [0.3, 0.4) is 0 Å². The van der Waals surface area contributed by atoms with Crippen LogP contribution in [-0.4, -0.2) is 27.2 Å². The number of aromatic nitrogens is 2. The third-order valence-corrected chi connectivity index (χ3v) is 4.97. The summed E-state index contributed by atoms with van der Waals surface area (Å²) >= 11 is 1.37. The van der Waals surface area contributed by atoms with Crippen LogP contribution in [0.1, 0.15) is 17.7 Å². The number of nitrogens with one attached hydrogen (secondary N) is 2. The molecule has 8 heteroatoms. The fourth-order valence-corrected chi connectivity index (χ4v) is 3.50. The van der Waals surface area contributed by atoms with Crippen molar-refractivity contribution in [2.75, 3.05) is 0 Å². The summed E-state index contributed by atoms with van der Waals surface area (Å²) in [5.41, 5.74) is 5.05. The van der Waals surface area contributed by atoms with Gasteiger partial charge in [0, 0.05) is 6.42 Å². The highest BCUT2D eigenvalue weighted by molar-refractivity contribution is 7.99. The van der Waals surface area contributed by atoms with E-state index in [0.717, 1.165) is 21.8 Å². The molecule has 0 unspecified atom stereocenters. The van der Waals surface area contributed by atoms with E-state index in [1.54, 1.807) is 24.3 Å². The average Bonchev–Trinajstić information content (AvgIpc) is 3.33. The number of furan rings is 1. The highest BCUT2D eigenvalue weighted by atomic mass is 32.2. The molecule has 0 spiro atoms. The fourth-order valence-electron chi connectivity index (χ4n) is 2.73. The number of aromatic amines is 1. The zero-order chi connectivity index (χ0) is 20.1. The number of hydrogen-bond acceptors (Lipinski definition) is 6. The van der Waals surface area contributed by atoms with Gasteiger partial charge in [0.05, 0.1) is 17.2 Å². The molecule has 0 bridgehead atoms. The Kier molecular flexibility index (Phi) is 5.62. The molecule has 0 aliphatic carbocycles. The highest BCUT2D eigenvalue weighted by Gasteiger charge is 2.08. The van der Waals surface area contributed by atoms with Crippen LogP contribution in [0, 0.1) is 0 Å². The van der Waals surface area contributed by atoms with Gasteiger partial charge in [-0.25, -0.2) is 10.4 Å². The average molecular weight is 406 g/mol. The van der Waals surface area contributed by atoms with Crippen LogP contribution in [0.5, 0.6) is 5.75 Å². The second kappa shape index (κ2) is 8.66. The number of nitrogens with zero attached hydrogens (tertiary/aromatic N) is 2. The summed E-state index contributed by atoms with van der Waals surface area (Å²) in [6, 6.07) is 18.3. The van der Waals surface area contributed by atoms with Crippen molar-refractivity contribution in [3.8, 4) is 5.75 Å². The molecule has 0 aliphatic heterocycles. The molecule has 2 aromatic heterocycles. The summed E-state index contributed by atoms with van der Waals surface area (Å²) in [5.74, 6) is 0.464.